The van der Waals surface area contributed by atoms with Crippen molar-refractivity contribution in [1.29, 1.82) is 0 Å². The van der Waals surface area contributed by atoms with Crippen LogP contribution in [0.5, 0.6) is 0 Å². The Bertz CT molecular complexity index is 684. The van der Waals surface area contributed by atoms with Crippen LogP contribution in [0.3, 0.4) is 0 Å². The van der Waals surface area contributed by atoms with Crippen molar-refractivity contribution in [2.24, 2.45) is 0 Å². The highest BCUT2D eigenvalue weighted by atomic mass is 35.5. The van der Waals surface area contributed by atoms with Crippen LogP contribution >= 0.6 is 11.6 Å². The monoisotopic (exact) mass is 295 g/mol. The molecule has 20 heavy (non-hydrogen) atoms. The fourth-order valence-corrected chi connectivity index (χ4v) is 1.92. The Morgan fingerprint density at radius 2 is 2.30 bits per heavy atom. The van der Waals surface area contributed by atoms with Crippen molar-refractivity contribution in [2.75, 3.05) is 20.3 Å². The molecule has 1 aromatic carbocycles. The lowest BCUT2D eigenvalue weighted by Crippen LogP contribution is -2.34. The maximum absolute atomic E-state index is 12.2. The van der Waals surface area contributed by atoms with Crippen LogP contribution in [0.1, 0.15) is 0 Å². The minimum Gasteiger partial charge on any atom is -0.383 e. The number of nitrogens with zero attached hydrogens (tertiary/aromatic N) is 2. The topological polar surface area (TPSA) is 73.2 Å². The number of rotatable bonds is 5. The molecule has 0 aliphatic rings. The molecular formula is C13H14ClN3O3. The van der Waals surface area contributed by atoms with Gasteiger partial charge in [-0.05, 0) is 18.2 Å². The van der Waals surface area contributed by atoms with Gasteiger partial charge in [-0.25, -0.2) is 4.98 Å². The van der Waals surface area contributed by atoms with Crippen LogP contribution in [-0.4, -0.2) is 35.7 Å². The summed E-state index contributed by atoms with van der Waals surface area (Å²) < 4.78 is 6.08. The van der Waals surface area contributed by atoms with E-state index in [9.17, 15) is 9.59 Å². The largest absolute Gasteiger partial charge is 0.383 e. The quantitative estimate of drug-likeness (QED) is 0.829. The molecule has 2 rings (SSSR count). The molecule has 106 valence electrons. The molecule has 0 atom stereocenters. The summed E-state index contributed by atoms with van der Waals surface area (Å²) in [6.45, 7) is 0.737. The normalized spacial score (nSPS) is 10.7. The molecule has 7 heteroatoms. The zero-order valence-corrected chi connectivity index (χ0v) is 11.7. The van der Waals surface area contributed by atoms with Gasteiger partial charge in [0.05, 0.1) is 23.8 Å². The summed E-state index contributed by atoms with van der Waals surface area (Å²) in [6.07, 6.45) is 1.36. The average Bonchev–Trinajstić information content (AvgIpc) is 2.43. The molecule has 0 saturated heterocycles. The lowest BCUT2D eigenvalue weighted by molar-refractivity contribution is -0.121. The summed E-state index contributed by atoms with van der Waals surface area (Å²) in [4.78, 5) is 28.0. The van der Waals surface area contributed by atoms with Gasteiger partial charge in [-0.3, -0.25) is 14.2 Å². The van der Waals surface area contributed by atoms with Crippen molar-refractivity contribution in [3.8, 4) is 0 Å². The molecule has 1 heterocycles. The van der Waals surface area contributed by atoms with Crippen molar-refractivity contribution in [3.63, 3.8) is 0 Å². The first-order valence-corrected chi connectivity index (χ1v) is 6.40. The average molecular weight is 296 g/mol. The lowest BCUT2D eigenvalue weighted by Gasteiger charge is -2.07. The minimum absolute atomic E-state index is 0.0853. The highest BCUT2D eigenvalue weighted by molar-refractivity contribution is 6.31. The van der Waals surface area contributed by atoms with Gasteiger partial charge < -0.3 is 10.1 Å². The van der Waals surface area contributed by atoms with E-state index in [1.165, 1.54) is 10.9 Å². The number of benzene rings is 1. The number of aromatic nitrogens is 2. The third-order valence-corrected chi connectivity index (χ3v) is 2.96. The predicted molar refractivity (Wildman–Crippen MR) is 75.9 cm³/mol. The van der Waals surface area contributed by atoms with E-state index < -0.39 is 0 Å². The SMILES string of the molecule is COCCNC(=O)Cn1cnc2ccc(Cl)cc2c1=O. The van der Waals surface area contributed by atoms with E-state index in [1.807, 2.05) is 0 Å². The number of hydrogen-bond donors (Lipinski definition) is 1. The molecule has 1 amide bonds. The van der Waals surface area contributed by atoms with Gasteiger partial charge in [0, 0.05) is 18.7 Å². The lowest BCUT2D eigenvalue weighted by atomic mass is 10.2. The summed E-state index contributed by atoms with van der Waals surface area (Å²) in [5.74, 6) is -0.271. The van der Waals surface area contributed by atoms with E-state index in [2.05, 4.69) is 10.3 Å². The van der Waals surface area contributed by atoms with Crippen LogP contribution in [0.15, 0.2) is 29.3 Å². The highest BCUT2D eigenvalue weighted by Crippen LogP contribution is 2.13. The summed E-state index contributed by atoms with van der Waals surface area (Å²) in [6, 6.07) is 4.88. The second-order valence-corrected chi connectivity index (χ2v) is 4.62. The van der Waals surface area contributed by atoms with Crippen LogP contribution < -0.4 is 10.9 Å². The van der Waals surface area contributed by atoms with Crippen molar-refractivity contribution >= 4 is 28.4 Å². The summed E-state index contributed by atoms with van der Waals surface area (Å²) in [5.41, 5.74) is 0.259. The van der Waals surface area contributed by atoms with Crippen LogP contribution in [0.2, 0.25) is 5.02 Å². The molecule has 0 unspecified atom stereocenters. The zero-order valence-electron chi connectivity index (χ0n) is 10.9. The molecular weight excluding hydrogens is 282 g/mol. The number of ether oxygens (including phenoxy) is 1. The number of halogens is 1. The number of methoxy groups -OCH3 is 1. The van der Waals surface area contributed by atoms with Gasteiger partial charge in [0.2, 0.25) is 5.91 Å². The summed E-state index contributed by atoms with van der Waals surface area (Å²) in [7, 11) is 1.55. The van der Waals surface area contributed by atoms with Gasteiger partial charge in [-0.15, -0.1) is 0 Å². The first-order chi connectivity index (χ1) is 9.61. The van der Waals surface area contributed by atoms with E-state index >= 15 is 0 Å². The summed E-state index contributed by atoms with van der Waals surface area (Å²) >= 11 is 5.86. The molecule has 0 saturated carbocycles. The predicted octanol–water partition coefficient (Wildman–Crippen LogP) is 0.812. The molecule has 1 N–H and O–H groups in total. The van der Waals surface area contributed by atoms with Gasteiger partial charge >= 0.3 is 0 Å². The van der Waals surface area contributed by atoms with Crippen molar-refractivity contribution in [1.82, 2.24) is 14.9 Å². The number of amides is 1. The van der Waals surface area contributed by atoms with E-state index in [1.54, 1.807) is 25.3 Å². The van der Waals surface area contributed by atoms with E-state index in [4.69, 9.17) is 16.3 Å². The van der Waals surface area contributed by atoms with E-state index in [-0.39, 0.29) is 18.0 Å². The Kier molecular flexibility index (Phi) is 4.70. The highest BCUT2D eigenvalue weighted by Gasteiger charge is 2.08. The number of nitrogens with one attached hydrogen (secondary N) is 1. The maximum Gasteiger partial charge on any atom is 0.261 e. The number of hydrogen-bond acceptors (Lipinski definition) is 4. The Balaban J connectivity index is 2.21. The fraction of sp³-hybridized carbons (Fsp3) is 0.308. The second kappa shape index (κ2) is 6.49. The smallest absolute Gasteiger partial charge is 0.261 e. The van der Waals surface area contributed by atoms with E-state index in [0.717, 1.165) is 0 Å². The standard InChI is InChI=1S/C13H14ClN3O3/c1-20-5-4-15-12(18)7-17-8-16-11-3-2-9(14)6-10(11)13(17)19/h2-3,6,8H,4-5,7H2,1H3,(H,15,18). The van der Waals surface area contributed by atoms with Crippen LogP contribution in [0, 0.1) is 0 Å². The molecule has 1 aromatic heterocycles. The van der Waals surface area contributed by atoms with Crippen molar-refractivity contribution in [2.45, 2.75) is 6.54 Å². The Morgan fingerprint density at radius 3 is 3.05 bits per heavy atom. The number of fused-ring (bicyclic) bond motifs is 1. The van der Waals surface area contributed by atoms with Crippen LogP contribution in [0.25, 0.3) is 10.9 Å². The molecule has 0 fully saturated rings. The molecule has 0 bridgehead atoms. The van der Waals surface area contributed by atoms with Gasteiger partial charge in [-0.1, -0.05) is 11.6 Å². The first kappa shape index (κ1) is 14.5. The molecule has 0 radical (unpaired) electrons. The third-order valence-electron chi connectivity index (χ3n) is 2.73. The van der Waals surface area contributed by atoms with Gasteiger partial charge in [-0.2, -0.15) is 0 Å². The maximum atomic E-state index is 12.2. The van der Waals surface area contributed by atoms with Crippen LogP contribution in [0.4, 0.5) is 0 Å². The minimum atomic E-state index is -0.292. The number of carbonyl (C=O) groups is 1. The molecule has 0 aliphatic heterocycles. The zero-order chi connectivity index (χ0) is 14.5. The molecule has 2 aromatic rings. The molecule has 6 nitrogen and oxygen atoms in total. The van der Waals surface area contributed by atoms with Gasteiger partial charge in [0.25, 0.3) is 5.56 Å². The second-order valence-electron chi connectivity index (χ2n) is 4.18. The molecule has 0 aliphatic carbocycles. The van der Waals surface area contributed by atoms with E-state index in [0.29, 0.717) is 29.1 Å². The number of carbonyl (C=O) groups excluding carboxylic acids is 1. The van der Waals surface area contributed by atoms with Gasteiger partial charge in [0.1, 0.15) is 6.54 Å². The third kappa shape index (κ3) is 3.34. The first-order valence-electron chi connectivity index (χ1n) is 6.02. The van der Waals surface area contributed by atoms with Crippen molar-refractivity contribution < 1.29 is 9.53 Å². The summed E-state index contributed by atoms with van der Waals surface area (Å²) in [5, 5.41) is 3.49. The Morgan fingerprint density at radius 1 is 1.50 bits per heavy atom. The Hall–Kier alpha value is -1.92. The Labute approximate surface area is 120 Å². The fourth-order valence-electron chi connectivity index (χ4n) is 1.75. The van der Waals surface area contributed by atoms with Crippen LogP contribution in [-0.2, 0) is 16.1 Å². The molecule has 0 spiro atoms. The van der Waals surface area contributed by atoms with Gasteiger partial charge in [0.15, 0.2) is 0 Å². The van der Waals surface area contributed by atoms with Crippen molar-refractivity contribution in [3.05, 3.63) is 39.9 Å².